The maximum Gasteiger partial charge on any atom is 0.259 e. The highest BCUT2D eigenvalue weighted by molar-refractivity contribution is 7.99. The molecule has 4 aromatic rings. The van der Waals surface area contributed by atoms with Gasteiger partial charge in [-0.1, -0.05) is 42.1 Å². The smallest absolute Gasteiger partial charge is 0.259 e. The van der Waals surface area contributed by atoms with E-state index in [9.17, 15) is 4.79 Å². The summed E-state index contributed by atoms with van der Waals surface area (Å²) >= 11 is 3.01. The van der Waals surface area contributed by atoms with Crippen LogP contribution in [-0.4, -0.2) is 25.1 Å². The lowest BCUT2D eigenvalue weighted by molar-refractivity contribution is 0.906. The average Bonchev–Trinajstić information content (AvgIpc) is 3.21. The normalized spacial score (nSPS) is 12.6. The molecule has 0 amide bonds. The number of hydrogen-bond donors (Lipinski definition) is 2. The van der Waals surface area contributed by atoms with Crippen molar-refractivity contribution < 1.29 is 0 Å². The monoisotopic (exact) mass is 383 g/mol. The summed E-state index contributed by atoms with van der Waals surface area (Å²) in [4.78, 5) is 26.4. The summed E-state index contributed by atoms with van der Waals surface area (Å²) in [6, 6.07) is 9.84. The maximum absolute atomic E-state index is 12.4. The minimum absolute atomic E-state index is 0.0748. The Bertz CT molecular complexity index is 1130. The number of aromatic nitrogens is 5. The van der Waals surface area contributed by atoms with Gasteiger partial charge in [0, 0.05) is 10.4 Å². The number of nitrogens with zero attached hydrogens (tertiary/aromatic N) is 3. The molecule has 6 nitrogen and oxygen atoms in total. The third-order valence-electron chi connectivity index (χ3n) is 4.24. The molecule has 0 aliphatic carbocycles. The maximum atomic E-state index is 12.4. The summed E-state index contributed by atoms with van der Waals surface area (Å²) in [6.07, 6.45) is 0. The molecule has 0 saturated carbocycles. The fourth-order valence-electron chi connectivity index (χ4n) is 2.70. The van der Waals surface area contributed by atoms with E-state index >= 15 is 0 Å². The molecule has 1 atom stereocenters. The van der Waals surface area contributed by atoms with E-state index in [-0.39, 0.29) is 10.8 Å². The van der Waals surface area contributed by atoms with Gasteiger partial charge >= 0.3 is 0 Å². The largest absolute Gasteiger partial charge is 0.309 e. The van der Waals surface area contributed by atoms with E-state index in [0.717, 1.165) is 26.7 Å². The number of hydrogen-bond acceptors (Lipinski definition) is 6. The van der Waals surface area contributed by atoms with Crippen LogP contribution >= 0.6 is 23.1 Å². The molecule has 2 N–H and O–H groups in total. The third-order valence-corrected chi connectivity index (χ3v) is 6.31. The number of benzene rings is 1. The summed E-state index contributed by atoms with van der Waals surface area (Å²) in [5.41, 5.74) is 1.91. The summed E-state index contributed by atoms with van der Waals surface area (Å²) in [7, 11) is 0. The highest BCUT2D eigenvalue weighted by Gasteiger charge is 2.18. The van der Waals surface area contributed by atoms with Gasteiger partial charge in [0.05, 0.1) is 10.6 Å². The first-order valence-corrected chi connectivity index (χ1v) is 9.87. The number of nitrogens with one attached hydrogen (secondary N) is 2. The first-order valence-electron chi connectivity index (χ1n) is 8.17. The summed E-state index contributed by atoms with van der Waals surface area (Å²) < 4.78 is 0. The van der Waals surface area contributed by atoms with Gasteiger partial charge in [0.2, 0.25) is 5.16 Å². The van der Waals surface area contributed by atoms with Gasteiger partial charge in [-0.15, -0.1) is 16.4 Å². The van der Waals surface area contributed by atoms with Crippen molar-refractivity contribution in [3.05, 3.63) is 57.0 Å². The Morgan fingerprint density at radius 1 is 1.15 bits per heavy atom. The number of thiophene rings is 1. The first-order chi connectivity index (χ1) is 12.5. The molecule has 4 rings (SSSR count). The first kappa shape index (κ1) is 17.0. The molecule has 3 heterocycles. The van der Waals surface area contributed by atoms with Crippen LogP contribution in [0.25, 0.3) is 21.6 Å². The van der Waals surface area contributed by atoms with E-state index in [4.69, 9.17) is 0 Å². The minimum Gasteiger partial charge on any atom is -0.309 e. The number of aryl methyl sites for hydroxylation is 2. The van der Waals surface area contributed by atoms with E-state index in [1.165, 1.54) is 11.8 Å². The van der Waals surface area contributed by atoms with Crippen LogP contribution in [0.4, 0.5) is 0 Å². The highest BCUT2D eigenvalue weighted by Crippen LogP contribution is 2.33. The lowest BCUT2D eigenvalue weighted by Gasteiger charge is -2.07. The average molecular weight is 384 g/mol. The van der Waals surface area contributed by atoms with Gasteiger partial charge < -0.3 is 4.98 Å². The Kier molecular flexibility index (Phi) is 4.37. The molecule has 0 saturated heterocycles. The predicted molar refractivity (Wildman–Crippen MR) is 106 cm³/mol. The molecule has 0 spiro atoms. The lowest BCUT2D eigenvalue weighted by atomic mass is 10.2. The quantitative estimate of drug-likeness (QED) is 0.515. The zero-order valence-electron chi connectivity index (χ0n) is 14.5. The van der Waals surface area contributed by atoms with Gasteiger partial charge in [-0.3, -0.25) is 9.89 Å². The second kappa shape index (κ2) is 6.69. The molecule has 1 aromatic carbocycles. The van der Waals surface area contributed by atoms with Crippen molar-refractivity contribution in [1.82, 2.24) is 25.1 Å². The van der Waals surface area contributed by atoms with Crippen molar-refractivity contribution in [3.63, 3.8) is 0 Å². The van der Waals surface area contributed by atoms with Crippen molar-refractivity contribution in [2.75, 3.05) is 0 Å². The fraction of sp³-hybridized carbons (Fsp3) is 0.222. The predicted octanol–water partition coefficient (Wildman–Crippen LogP) is 4.24. The van der Waals surface area contributed by atoms with Gasteiger partial charge in [0.15, 0.2) is 5.82 Å². The Balaban J connectivity index is 1.61. The van der Waals surface area contributed by atoms with E-state index in [1.54, 1.807) is 11.3 Å². The third kappa shape index (κ3) is 3.06. The van der Waals surface area contributed by atoms with Crippen molar-refractivity contribution in [2.24, 2.45) is 0 Å². The molecule has 0 radical (unpaired) electrons. The van der Waals surface area contributed by atoms with E-state index in [1.807, 2.05) is 51.1 Å². The molecular weight excluding hydrogens is 366 g/mol. The van der Waals surface area contributed by atoms with Gasteiger partial charge in [-0.25, -0.2) is 9.97 Å². The van der Waals surface area contributed by atoms with Crippen LogP contribution in [0.2, 0.25) is 0 Å². The molecule has 0 bridgehead atoms. The van der Waals surface area contributed by atoms with Crippen LogP contribution in [-0.2, 0) is 0 Å². The minimum atomic E-state index is -0.0840. The van der Waals surface area contributed by atoms with Crippen LogP contribution in [0.3, 0.4) is 0 Å². The van der Waals surface area contributed by atoms with Crippen molar-refractivity contribution >= 4 is 33.3 Å². The molecule has 1 unspecified atom stereocenters. The summed E-state index contributed by atoms with van der Waals surface area (Å²) in [5.74, 6) is 1.36. The van der Waals surface area contributed by atoms with E-state index < -0.39 is 0 Å². The highest BCUT2D eigenvalue weighted by atomic mass is 32.2. The lowest BCUT2D eigenvalue weighted by Crippen LogP contribution is -2.12. The number of aromatic amines is 2. The molecule has 132 valence electrons. The molecule has 26 heavy (non-hydrogen) atoms. The van der Waals surface area contributed by atoms with Crippen LogP contribution < -0.4 is 5.56 Å². The number of H-pyrrole nitrogens is 2. The van der Waals surface area contributed by atoms with Crippen molar-refractivity contribution in [2.45, 2.75) is 31.2 Å². The standard InChI is InChI=1S/C18H17N5OS2/c1-9-10(2)25-17-13(9)16(24)19-14(20-17)11(3)26-18-21-15(22-23-18)12-7-5-4-6-8-12/h4-8,11H,1-3H3,(H,19,20,24)(H,21,22,23). The Labute approximate surface area is 158 Å². The Hall–Kier alpha value is -2.45. The van der Waals surface area contributed by atoms with Crippen LogP contribution in [0.15, 0.2) is 40.3 Å². The van der Waals surface area contributed by atoms with Crippen LogP contribution in [0.5, 0.6) is 0 Å². The Morgan fingerprint density at radius 2 is 1.92 bits per heavy atom. The van der Waals surface area contributed by atoms with Crippen molar-refractivity contribution in [3.8, 4) is 11.4 Å². The molecule has 0 fully saturated rings. The number of thioether (sulfide) groups is 1. The zero-order chi connectivity index (χ0) is 18.3. The number of fused-ring (bicyclic) bond motifs is 1. The zero-order valence-corrected chi connectivity index (χ0v) is 16.2. The topological polar surface area (TPSA) is 87.3 Å². The van der Waals surface area contributed by atoms with Crippen molar-refractivity contribution in [1.29, 1.82) is 0 Å². The second-order valence-electron chi connectivity index (χ2n) is 6.01. The second-order valence-corrected chi connectivity index (χ2v) is 8.52. The molecular formula is C18H17N5OS2. The Morgan fingerprint density at radius 3 is 2.69 bits per heavy atom. The fourth-order valence-corrected chi connectivity index (χ4v) is 4.52. The summed E-state index contributed by atoms with van der Waals surface area (Å²) in [5, 5.41) is 8.47. The molecule has 0 aliphatic heterocycles. The molecule has 0 aliphatic rings. The van der Waals surface area contributed by atoms with Gasteiger partial charge in [-0.05, 0) is 26.3 Å². The SMILES string of the molecule is Cc1sc2nc(C(C)Sc3n[nH]c(-c4ccccc4)n3)[nH]c(=O)c2c1C. The van der Waals surface area contributed by atoms with Gasteiger partial charge in [-0.2, -0.15) is 0 Å². The van der Waals surface area contributed by atoms with Crippen LogP contribution in [0, 0.1) is 13.8 Å². The van der Waals surface area contributed by atoms with Crippen LogP contribution in [0.1, 0.15) is 28.4 Å². The molecule has 8 heteroatoms. The van der Waals surface area contributed by atoms with E-state index in [0.29, 0.717) is 16.4 Å². The van der Waals surface area contributed by atoms with Gasteiger partial charge in [0.25, 0.3) is 5.56 Å². The summed E-state index contributed by atoms with van der Waals surface area (Å²) in [6.45, 7) is 5.96. The molecule has 3 aromatic heterocycles. The number of rotatable bonds is 4. The van der Waals surface area contributed by atoms with Gasteiger partial charge in [0.1, 0.15) is 10.7 Å². The van der Waals surface area contributed by atoms with E-state index in [2.05, 4.69) is 25.1 Å².